The summed E-state index contributed by atoms with van der Waals surface area (Å²) in [5.74, 6) is 1.57. The lowest BCUT2D eigenvalue weighted by Crippen LogP contribution is -2.34. The average Bonchev–Trinajstić information content (AvgIpc) is 3.24. The fraction of sp³-hybridized carbons (Fsp3) is 0.125. The SMILES string of the molecule is CCOc1ccc(C(=O)NC(=S)Nc2ccc(-c3nc4cc(OC)ccc4o3)cc2)cc1Br. The molecule has 0 spiro atoms. The van der Waals surface area contributed by atoms with Gasteiger partial charge in [0.1, 0.15) is 17.0 Å². The first-order chi connectivity index (χ1) is 16.0. The van der Waals surface area contributed by atoms with Crippen LogP contribution in [0.5, 0.6) is 11.5 Å². The van der Waals surface area contributed by atoms with Gasteiger partial charge in [-0.05, 0) is 89.7 Å². The van der Waals surface area contributed by atoms with Crippen LogP contribution < -0.4 is 20.1 Å². The predicted molar refractivity (Wildman–Crippen MR) is 135 cm³/mol. The van der Waals surface area contributed by atoms with E-state index in [0.29, 0.717) is 33.9 Å². The second-order valence-electron chi connectivity index (χ2n) is 6.92. The van der Waals surface area contributed by atoms with E-state index in [1.54, 1.807) is 25.3 Å². The molecule has 1 aromatic heterocycles. The number of fused-ring (bicyclic) bond motifs is 1. The second-order valence-corrected chi connectivity index (χ2v) is 8.18. The van der Waals surface area contributed by atoms with Gasteiger partial charge in [0, 0.05) is 22.9 Å². The van der Waals surface area contributed by atoms with Gasteiger partial charge in [0.25, 0.3) is 5.91 Å². The summed E-state index contributed by atoms with van der Waals surface area (Å²) >= 11 is 8.69. The molecule has 0 aliphatic rings. The molecular weight excluding hydrogens is 506 g/mol. The zero-order chi connectivity index (χ0) is 23.4. The molecule has 4 aromatic rings. The Bertz CT molecular complexity index is 1320. The zero-order valence-electron chi connectivity index (χ0n) is 17.8. The molecule has 0 aliphatic heterocycles. The van der Waals surface area contributed by atoms with E-state index in [1.807, 2.05) is 49.4 Å². The topological polar surface area (TPSA) is 85.6 Å². The van der Waals surface area contributed by atoms with E-state index >= 15 is 0 Å². The number of nitrogens with one attached hydrogen (secondary N) is 2. The highest BCUT2D eigenvalue weighted by Crippen LogP contribution is 2.28. The smallest absolute Gasteiger partial charge is 0.257 e. The number of nitrogens with zero attached hydrogens (tertiary/aromatic N) is 1. The first kappa shape index (κ1) is 22.8. The van der Waals surface area contributed by atoms with Gasteiger partial charge in [-0.25, -0.2) is 4.98 Å². The van der Waals surface area contributed by atoms with E-state index in [0.717, 1.165) is 22.5 Å². The molecule has 0 unspecified atom stereocenters. The number of halogens is 1. The number of oxazole rings is 1. The van der Waals surface area contributed by atoms with Gasteiger partial charge in [-0.3, -0.25) is 10.1 Å². The minimum Gasteiger partial charge on any atom is -0.497 e. The van der Waals surface area contributed by atoms with Crippen LogP contribution in [0.1, 0.15) is 17.3 Å². The fourth-order valence-electron chi connectivity index (χ4n) is 3.11. The van der Waals surface area contributed by atoms with Crippen LogP contribution >= 0.6 is 28.1 Å². The Labute approximate surface area is 204 Å². The number of rotatable bonds is 6. The van der Waals surface area contributed by atoms with Gasteiger partial charge < -0.3 is 19.2 Å². The highest BCUT2D eigenvalue weighted by molar-refractivity contribution is 9.10. The van der Waals surface area contributed by atoms with Crippen molar-refractivity contribution in [1.82, 2.24) is 10.3 Å². The monoisotopic (exact) mass is 525 g/mol. The summed E-state index contributed by atoms with van der Waals surface area (Å²) in [5, 5.41) is 5.87. The molecule has 4 rings (SSSR count). The third kappa shape index (κ3) is 5.32. The van der Waals surface area contributed by atoms with Crippen molar-refractivity contribution in [2.24, 2.45) is 0 Å². The van der Waals surface area contributed by atoms with E-state index in [-0.39, 0.29) is 11.0 Å². The lowest BCUT2D eigenvalue weighted by atomic mass is 10.2. The standard InChI is InChI=1S/C24H20BrN3O4S/c1-3-31-20-10-6-15(12-18(20)25)22(29)28-24(33)26-16-7-4-14(5-8-16)23-27-19-13-17(30-2)9-11-21(19)32-23/h4-13H,3H2,1-2H3,(H2,26,28,29,33). The maximum Gasteiger partial charge on any atom is 0.257 e. The van der Waals surface area contributed by atoms with E-state index in [4.69, 9.17) is 26.1 Å². The second kappa shape index (κ2) is 10.0. The van der Waals surface area contributed by atoms with Crippen LogP contribution in [-0.4, -0.2) is 29.7 Å². The van der Waals surface area contributed by atoms with Crippen LogP contribution in [-0.2, 0) is 0 Å². The first-order valence-corrected chi connectivity index (χ1v) is 11.3. The molecule has 1 amide bonds. The van der Waals surface area contributed by atoms with Crippen molar-refractivity contribution in [3.05, 3.63) is 70.7 Å². The van der Waals surface area contributed by atoms with Crippen LogP contribution in [0.2, 0.25) is 0 Å². The van der Waals surface area contributed by atoms with Crippen LogP contribution in [0.15, 0.2) is 69.6 Å². The highest BCUT2D eigenvalue weighted by Gasteiger charge is 2.12. The van der Waals surface area contributed by atoms with Gasteiger partial charge >= 0.3 is 0 Å². The summed E-state index contributed by atoms with van der Waals surface area (Å²) in [6, 6.07) is 18.0. The van der Waals surface area contributed by atoms with E-state index in [1.165, 1.54) is 0 Å². The van der Waals surface area contributed by atoms with Crippen LogP contribution in [0, 0.1) is 0 Å². The molecule has 3 aromatic carbocycles. The average molecular weight is 526 g/mol. The maximum absolute atomic E-state index is 12.5. The van der Waals surface area contributed by atoms with Crippen LogP contribution in [0.4, 0.5) is 5.69 Å². The molecule has 0 aliphatic carbocycles. The molecule has 168 valence electrons. The Kier molecular flexibility index (Phi) is 6.90. The van der Waals surface area contributed by atoms with Crippen LogP contribution in [0.3, 0.4) is 0 Å². The summed E-state index contributed by atoms with van der Waals surface area (Å²) in [7, 11) is 1.61. The number of benzene rings is 3. The third-order valence-corrected chi connectivity index (χ3v) is 5.53. The number of amides is 1. The number of anilines is 1. The number of hydrogen-bond donors (Lipinski definition) is 2. The third-order valence-electron chi connectivity index (χ3n) is 4.71. The molecule has 1 heterocycles. The molecule has 9 heteroatoms. The number of carbonyl (C=O) groups excluding carboxylic acids is 1. The molecular formula is C24H20BrN3O4S. The summed E-state index contributed by atoms with van der Waals surface area (Å²) in [4.78, 5) is 17.0. The van der Waals surface area contributed by atoms with E-state index in [9.17, 15) is 4.79 Å². The van der Waals surface area contributed by atoms with Crippen molar-refractivity contribution < 1.29 is 18.7 Å². The number of carbonyl (C=O) groups is 1. The summed E-state index contributed by atoms with van der Waals surface area (Å²) in [6.45, 7) is 2.44. The molecule has 33 heavy (non-hydrogen) atoms. The molecule has 0 saturated heterocycles. The Morgan fingerprint density at radius 1 is 1.12 bits per heavy atom. The number of aromatic nitrogens is 1. The van der Waals surface area contributed by atoms with Crippen molar-refractivity contribution in [1.29, 1.82) is 0 Å². The van der Waals surface area contributed by atoms with Crippen molar-refractivity contribution in [3.63, 3.8) is 0 Å². The fourth-order valence-corrected chi connectivity index (χ4v) is 3.81. The Balaban J connectivity index is 1.40. The Morgan fingerprint density at radius 2 is 1.91 bits per heavy atom. The molecule has 2 N–H and O–H groups in total. The predicted octanol–water partition coefficient (Wildman–Crippen LogP) is 5.79. The van der Waals surface area contributed by atoms with E-state index in [2.05, 4.69) is 31.5 Å². The van der Waals surface area contributed by atoms with Crippen LogP contribution in [0.25, 0.3) is 22.6 Å². The maximum atomic E-state index is 12.5. The van der Waals surface area contributed by atoms with Crippen molar-refractivity contribution in [2.45, 2.75) is 6.92 Å². The Morgan fingerprint density at radius 3 is 2.61 bits per heavy atom. The van der Waals surface area contributed by atoms with Gasteiger partial charge in [-0.15, -0.1) is 0 Å². The number of methoxy groups -OCH3 is 1. The lowest BCUT2D eigenvalue weighted by molar-refractivity contribution is 0.0977. The molecule has 0 fully saturated rings. The molecule has 0 saturated carbocycles. The van der Waals surface area contributed by atoms with Crippen molar-refractivity contribution in [2.75, 3.05) is 19.0 Å². The molecule has 0 radical (unpaired) electrons. The largest absolute Gasteiger partial charge is 0.497 e. The summed E-state index contributed by atoms with van der Waals surface area (Å²) < 4.78 is 17.2. The van der Waals surface area contributed by atoms with E-state index < -0.39 is 0 Å². The van der Waals surface area contributed by atoms with Gasteiger partial charge in [0.2, 0.25) is 5.89 Å². The molecule has 7 nitrogen and oxygen atoms in total. The quantitative estimate of drug-likeness (QED) is 0.308. The molecule has 0 bridgehead atoms. The highest BCUT2D eigenvalue weighted by atomic mass is 79.9. The van der Waals surface area contributed by atoms with Gasteiger partial charge in [-0.1, -0.05) is 0 Å². The normalized spacial score (nSPS) is 10.6. The number of thiocarbonyl (C=S) groups is 1. The van der Waals surface area contributed by atoms with Gasteiger partial charge in [-0.2, -0.15) is 0 Å². The van der Waals surface area contributed by atoms with Gasteiger partial charge in [0.05, 0.1) is 18.2 Å². The summed E-state index contributed by atoms with van der Waals surface area (Å²) in [5.41, 5.74) is 3.38. The number of hydrogen-bond acceptors (Lipinski definition) is 6. The zero-order valence-corrected chi connectivity index (χ0v) is 20.2. The minimum absolute atomic E-state index is 0.187. The lowest BCUT2D eigenvalue weighted by Gasteiger charge is -2.11. The van der Waals surface area contributed by atoms with Crippen molar-refractivity contribution in [3.8, 4) is 23.0 Å². The minimum atomic E-state index is -0.324. The van der Waals surface area contributed by atoms with Gasteiger partial charge in [0.15, 0.2) is 10.7 Å². The van der Waals surface area contributed by atoms with Crippen molar-refractivity contribution >= 4 is 56.0 Å². The summed E-state index contributed by atoms with van der Waals surface area (Å²) in [6.07, 6.45) is 0. The Hall–Kier alpha value is -3.43. The molecule has 0 atom stereocenters. The first-order valence-electron chi connectivity index (χ1n) is 10.1. The number of ether oxygens (including phenoxy) is 2.